The molecule has 0 aliphatic carbocycles. The van der Waals surface area contributed by atoms with Crippen LogP contribution in [0.1, 0.15) is 10.4 Å². The standard InChI is InChI=1S/C22H22F3N3O3S2/c1-32-18-5-3-2-4-16(18)20(29)28(9-8-27-10-12-30-13-11-27)21-26-17-7-6-15(14-19(17)33-21)31-22(23,24)25/h2-7,14H,8-13H2,1H3. The molecule has 1 aliphatic heterocycles. The van der Waals surface area contributed by atoms with E-state index < -0.39 is 6.36 Å². The Kier molecular flexibility index (Phi) is 7.42. The van der Waals surface area contributed by atoms with Crippen molar-refractivity contribution in [1.82, 2.24) is 9.88 Å². The fraction of sp³-hybridized carbons (Fsp3) is 0.364. The summed E-state index contributed by atoms with van der Waals surface area (Å²) in [4.78, 5) is 22.8. The summed E-state index contributed by atoms with van der Waals surface area (Å²) in [6, 6.07) is 11.3. The van der Waals surface area contributed by atoms with Crippen LogP contribution in [0.4, 0.5) is 18.3 Å². The van der Waals surface area contributed by atoms with Crippen molar-refractivity contribution in [2.24, 2.45) is 0 Å². The van der Waals surface area contributed by atoms with Crippen LogP contribution in [0.2, 0.25) is 0 Å². The van der Waals surface area contributed by atoms with Gasteiger partial charge in [-0.1, -0.05) is 23.5 Å². The number of fused-ring (bicyclic) bond motifs is 1. The summed E-state index contributed by atoms with van der Waals surface area (Å²) < 4.78 is 47.8. The van der Waals surface area contributed by atoms with Crippen LogP contribution in [0.3, 0.4) is 0 Å². The number of amides is 1. The van der Waals surface area contributed by atoms with Gasteiger partial charge in [0.15, 0.2) is 5.13 Å². The maximum atomic E-state index is 13.6. The van der Waals surface area contributed by atoms with Crippen LogP contribution < -0.4 is 9.64 Å². The fourth-order valence-electron chi connectivity index (χ4n) is 3.52. The Hall–Kier alpha value is -2.34. The predicted octanol–water partition coefficient (Wildman–Crippen LogP) is 4.90. The number of aromatic nitrogens is 1. The molecule has 2 heterocycles. The lowest BCUT2D eigenvalue weighted by atomic mass is 10.2. The second-order valence-electron chi connectivity index (χ2n) is 7.28. The lowest BCUT2D eigenvalue weighted by Gasteiger charge is -2.29. The van der Waals surface area contributed by atoms with E-state index in [1.54, 1.807) is 11.0 Å². The molecule has 1 aliphatic rings. The number of hydrogen-bond donors (Lipinski definition) is 0. The second-order valence-corrected chi connectivity index (χ2v) is 9.14. The summed E-state index contributed by atoms with van der Waals surface area (Å²) in [6.45, 7) is 3.88. The first-order chi connectivity index (χ1) is 15.8. The minimum absolute atomic E-state index is 0.195. The van der Waals surface area contributed by atoms with E-state index in [0.717, 1.165) is 18.0 Å². The number of benzene rings is 2. The van der Waals surface area contributed by atoms with Crippen molar-refractivity contribution in [3.63, 3.8) is 0 Å². The molecule has 1 aromatic heterocycles. The van der Waals surface area contributed by atoms with Crippen LogP contribution >= 0.6 is 23.1 Å². The van der Waals surface area contributed by atoms with Crippen molar-refractivity contribution < 1.29 is 27.4 Å². The molecule has 1 amide bonds. The highest BCUT2D eigenvalue weighted by molar-refractivity contribution is 7.98. The molecule has 11 heteroatoms. The minimum atomic E-state index is -4.77. The predicted molar refractivity (Wildman–Crippen MR) is 123 cm³/mol. The molecule has 0 saturated carbocycles. The lowest BCUT2D eigenvalue weighted by molar-refractivity contribution is -0.274. The number of thiazole rings is 1. The molecule has 176 valence electrons. The normalized spacial score (nSPS) is 15.0. The zero-order valence-corrected chi connectivity index (χ0v) is 19.4. The first-order valence-corrected chi connectivity index (χ1v) is 12.3. The number of thioether (sulfide) groups is 1. The number of morpholine rings is 1. The number of alkyl halides is 3. The van der Waals surface area contributed by atoms with Gasteiger partial charge < -0.3 is 9.47 Å². The van der Waals surface area contributed by atoms with Crippen molar-refractivity contribution in [1.29, 1.82) is 0 Å². The summed E-state index contributed by atoms with van der Waals surface area (Å²) in [5, 5.41) is 0.434. The fourth-order valence-corrected chi connectivity index (χ4v) is 5.13. The summed E-state index contributed by atoms with van der Waals surface area (Å²) in [5.41, 5.74) is 1.07. The van der Waals surface area contributed by atoms with E-state index in [9.17, 15) is 18.0 Å². The largest absolute Gasteiger partial charge is 0.573 e. The SMILES string of the molecule is CSc1ccccc1C(=O)N(CCN1CCOCC1)c1nc2ccc(OC(F)(F)F)cc2s1. The topological polar surface area (TPSA) is 54.9 Å². The third-order valence-electron chi connectivity index (χ3n) is 5.14. The van der Waals surface area contributed by atoms with Crippen molar-refractivity contribution in [2.45, 2.75) is 11.3 Å². The molecule has 0 spiro atoms. The molecule has 0 N–H and O–H groups in total. The molecule has 6 nitrogen and oxygen atoms in total. The molecule has 33 heavy (non-hydrogen) atoms. The van der Waals surface area contributed by atoms with Crippen LogP contribution in [0, 0.1) is 0 Å². The van der Waals surface area contributed by atoms with Gasteiger partial charge in [-0.2, -0.15) is 0 Å². The summed E-state index contributed by atoms with van der Waals surface area (Å²) in [7, 11) is 0. The van der Waals surface area contributed by atoms with Gasteiger partial charge in [-0.15, -0.1) is 24.9 Å². The van der Waals surface area contributed by atoms with E-state index in [0.29, 0.717) is 47.2 Å². The van der Waals surface area contributed by atoms with E-state index in [4.69, 9.17) is 4.74 Å². The van der Waals surface area contributed by atoms with E-state index in [-0.39, 0.29) is 11.7 Å². The van der Waals surface area contributed by atoms with E-state index in [1.165, 1.54) is 41.3 Å². The smallest absolute Gasteiger partial charge is 0.406 e. The molecule has 0 unspecified atom stereocenters. The van der Waals surface area contributed by atoms with Gasteiger partial charge in [-0.3, -0.25) is 14.6 Å². The summed E-state index contributed by atoms with van der Waals surface area (Å²) >= 11 is 2.65. The van der Waals surface area contributed by atoms with E-state index in [1.807, 2.05) is 24.5 Å². The Bertz CT molecular complexity index is 1120. The highest BCUT2D eigenvalue weighted by Crippen LogP contribution is 2.34. The molecule has 2 aromatic carbocycles. The molecule has 3 aromatic rings. The number of hydrogen-bond acceptors (Lipinski definition) is 7. The Morgan fingerprint density at radius 1 is 1.24 bits per heavy atom. The number of anilines is 1. The maximum Gasteiger partial charge on any atom is 0.573 e. The highest BCUT2D eigenvalue weighted by Gasteiger charge is 2.31. The van der Waals surface area contributed by atoms with Gasteiger partial charge in [0.05, 0.1) is 29.0 Å². The van der Waals surface area contributed by atoms with Crippen LogP contribution in [0.15, 0.2) is 47.4 Å². The summed E-state index contributed by atoms with van der Waals surface area (Å²) in [5.74, 6) is -0.511. The monoisotopic (exact) mass is 497 g/mol. The minimum Gasteiger partial charge on any atom is -0.406 e. The average Bonchev–Trinajstić information content (AvgIpc) is 3.21. The van der Waals surface area contributed by atoms with Crippen molar-refractivity contribution in [3.05, 3.63) is 48.0 Å². The number of carbonyl (C=O) groups is 1. The number of ether oxygens (including phenoxy) is 2. The van der Waals surface area contributed by atoms with E-state index >= 15 is 0 Å². The van der Waals surface area contributed by atoms with Crippen LogP contribution in [0.5, 0.6) is 5.75 Å². The van der Waals surface area contributed by atoms with Gasteiger partial charge >= 0.3 is 6.36 Å². The Labute approximate surface area is 197 Å². The third-order valence-corrected chi connectivity index (χ3v) is 6.98. The number of halogens is 3. The molecule has 0 bridgehead atoms. The van der Waals surface area contributed by atoms with Crippen LogP contribution in [-0.4, -0.2) is 67.8 Å². The van der Waals surface area contributed by atoms with Crippen molar-refractivity contribution in [2.75, 3.05) is 50.5 Å². The number of rotatable bonds is 7. The molecular formula is C22H22F3N3O3S2. The molecule has 0 atom stereocenters. The Balaban J connectivity index is 1.65. The molecule has 4 rings (SSSR count). The molecule has 0 radical (unpaired) electrons. The summed E-state index contributed by atoms with van der Waals surface area (Å²) in [6.07, 6.45) is -2.87. The first kappa shape index (κ1) is 23.8. The maximum absolute atomic E-state index is 13.6. The molecular weight excluding hydrogens is 475 g/mol. The zero-order chi connectivity index (χ0) is 23.4. The third kappa shape index (κ3) is 5.97. The number of nitrogens with zero attached hydrogens (tertiary/aromatic N) is 3. The van der Waals surface area contributed by atoms with Gasteiger partial charge in [0.2, 0.25) is 0 Å². The van der Waals surface area contributed by atoms with Gasteiger partial charge in [-0.25, -0.2) is 4.98 Å². The lowest BCUT2D eigenvalue weighted by Crippen LogP contribution is -2.43. The van der Waals surface area contributed by atoms with Gasteiger partial charge in [0, 0.05) is 37.1 Å². The zero-order valence-electron chi connectivity index (χ0n) is 17.8. The van der Waals surface area contributed by atoms with Gasteiger partial charge in [0.25, 0.3) is 5.91 Å². The van der Waals surface area contributed by atoms with Gasteiger partial charge in [-0.05, 0) is 30.5 Å². The first-order valence-electron chi connectivity index (χ1n) is 10.3. The van der Waals surface area contributed by atoms with Crippen molar-refractivity contribution in [3.8, 4) is 5.75 Å². The molecule has 1 fully saturated rings. The highest BCUT2D eigenvalue weighted by atomic mass is 32.2. The molecule has 1 saturated heterocycles. The second kappa shape index (κ2) is 10.3. The Morgan fingerprint density at radius 3 is 2.73 bits per heavy atom. The van der Waals surface area contributed by atoms with Crippen LogP contribution in [-0.2, 0) is 4.74 Å². The van der Waals surface area contributed by atoms with Crippen LogP contribution in [0.25, 0.3) is 10.2 Å². The Morgan fingerprint density at radius 2 is 2.00 bits per heavy atom. The quantitative estimate of drug-likeness (QED) is 0.433. The van der Waals surface area contributed by atoms with Crippen molar-refractivity contribution >= 4 is 44.4 Å². The average molecular weight is 498 g/mol. The van der Waals surface area contributed by atoms with Gasteiger partial charge in [0.1, 0.15) is 5.75 Å². The number of carbonyl (C=O) groups excluding carboxylic acids is 1. The van der Waals surface area contributed by atoms with E-state index in [2.05, 4.69) is 14.6 Å².